The molecule has 13 heavy (non-hydrogen) atoms. The zero-order valence-electron chi connectivity index (χ0n) is 8.26. The van der Waals surface area contributed by atoms with E-state index >= 15 is 0 Å². The summed E-state index contributed by atoms with van der Waals surface area (Å²) in [5.41, 5.74) is 1.09. The molecular formula is C9H17N3O. The van der Waals surface area contributed by atoms with Crippen molar-refractivity contribution in [3.63, 3.8) is 0 Å². The lowest BCUT2D eigenvalue weighted by Crippen LogP contribution is -2.05. The smallest absolute Gasteiger partial charge is 0.132 e. The molecule has 1 heterocycles. The first-order valence-corrected chi connectivity index (χ1v) is 4.62. The van der Waals surface area contributed by atoms with Crippen molar-refractivity contribution in [2.45, 2.75) is 26.5 Å². The van der Waals surface area contributed by atoms with Crippen molar-refractivity contribution >= 4 is 0 Å². The normalized spacial score (nSPS) is 10.6. The molecule has 0 atom stereocenters. The molecule has 4 heteroatoms. The van der Waals surface area contributed by atoms with Crippen LogP contribution in [0.3, 0.4) is 0 Å². The molecule has 0 aromatic carbocycles. The van der Waals surface area contributed by atoms with Gasteiger partial charge in [0.2, 0.25) is 0 Å². The minimum atomic E-state index is 0.581. The highest BCUT2D eigenvalue weighted by molar-refractivity contribution is 4.99. The fourth-order valence-corrected chi connectivity index (χ4v) is 1.07. The number of H-pyrrole nitrogens is 1. The molecule has 0 aliphatic carbocycles. The summed E-state index contributed by atoms with van der Waals surface area (Å²) in [4.78, 5) is 7.36. The molecule has 0 saturated heterocycles. The third-order valence-corrected chi connectivity index (χ3v) is 1.64. The van der Waals surface area contributed by atoms with Crippen molar-refractivity contribution < 1.29 is 4.74 Å². The van der Waals surface area contributed by atoms with Crippen molar-refractivity contribution in [3.8, 4) is 0 Å². The van der Waals surface area contributed by atoms with Gasteiger partial charge in [-0.2, -0.15) is 0 Å². The molecule has 0 amide bonds. The van der Waals surface area contributed by atoms with E-state index in [9.17, 15) is 0 Å². The fourth-order valence-electron chi connectivity index (χ4n) is 1.07. The third-order valence-electron chi connectivity index (χ3n) is 1.64. The predicted octanol–water partition coefficient (Wildman–Crippen LogP) is 1.06. The topological polar surface area (TPSA) is 49.9 Å². The fraction of sp³-hybridized carbons (Fsp3) is 0.667. The summed E-state index contributed by atoms with van der Waals surface area (Å²) in [6, 6.07) is 0. The Labute approximate surface area is 78.7 Å². The summed E-state index contributed by atoms with van der Waals surface area (Å²) in [6.07, 6.45) is 2.88. The van der Waals surface area contributed by atoms with Gasteiger partial charge in [0.25, 0.3) is 0 Å². The lowest BCUT2D eigenvalue weighted by molar-refractivity contribution is 0.116. The van der Waals surface area contributed by atoms with Crippen molar-refractivity contribution in [3.05, 3.63) is 17.7 Å². The minimum absolute atomic E-state index is 0.581. The molecule has 74 valence electrons. The van der Waals surface area contributed by atoms with Gasteiger partial charge in [0.1, 0.15) is 12.4 Å². The van der Waals surface area contributed by atoms with E-state index in [-0.39, 0.29) is 0 Å². The Balaban J connectivity index is 2.31. The summed E-state index contributed by atoms with van der Waals surface area (Å²) in [6.45, 7) is 4.29. The van der Waals surface area contributed by atoms with Crippen molar-refractivity contribution in [2.75, 3.05) is 13.7 Å². The second-order valence-electron chi connectivity index (χ2n) is 2.94. The van der Waals surface area contributed by atoms with E-state index in [2.05, 4.69) is 22.2 Å². The van der Waals surface area contributed by atoms with E-state index in [0.717, 1.165) is 31.1 Å². The number of nitrogens with zero attached hydrogens (tertiary/aromatic N) is 1. The van der Waals surface area contributed by atoms with Gasteiger partial charge >= 0.3 is 0 Å². The van der Waals surface area contributed by atoms with E-state index in [1.807, 2.05) is 13.2 Å². The van der Waals surface area contributed by atoms with Crippen LogP contribution in [0.1, 0.15) is 24.9 Å². The molecule has 0 spiro atoms. The van der Waals surface area contributed by atoms with Crippen LogP contribution in [-0.2, 0) is 17.9 Å². The van der Waals surface area contributed by atoms with Crippen molar-refractivity contribution in [1.82, 2.24) is 15.3 Å². The van der Waals surface area contributed by atoms with E-state index in [0.29, 0.717) is 6.61 Å². The average Bonchev–Trinajstić information content (AvgIpc) is 2.54. The number of nitrogens with one attached hydrogen (secondary N) is 2. The number of imidazole rings is 1. The van der Waals surface area contributed by atoms with Crippen LogP contribution in [0.15, 0.2) is 6.20 Å². The quantitative estimate of drug-likeness (QED) is 0.648. The van der Waals surface area contributed by atoms with Crippen molar-refractivity contribution in [1.29, 1.82) is 0 Å². The number of hydrogen-bond acceptors (Lipinski definition) is 3. The Bertz CT molecular complexity index is 235. The highest BCUT2D eigenvalue weighted by atomic mass is 16.5. The average molecular weight is 183 g/mol. The summed E-state index contributed by atoms with van der Waals surface area (Å²) < 4.78 is 5.35. The van der Waals surface area contributed by atoms with Gasteiger partial charge in [-0.15, -0.1) is 0 Å². The monoisotopic (exact) mass is 183 g/mol. The van der Waals surface area contributed by atoms with E-state index in [1.54, 1.807) is 0 Å². The van der Waals surface area contributed by atoms with Gasteiger partial charge in [-0.1, -0.05) is 6.92 Å². The van der Waals surface area contributed by atoms with Gasteiger partial charge in [0.15, 0.2) is 0 Å². The molecule has 0 bridgehead atoms. The Kier molecular flexibility index (Phi) is 4.49. The van der Waals surface area contributed by atoms with Gasteiger partial charge in [0.05, 0.1) is 0 Å². The Morgan fingerprint density at radius 1 is 1.62 bits per heavy atom. The number of ether oxygens (including phenoxy) is 1. The van der Waals surface area contributed by atoms with E-state index in [4.69, 9.17) is 4.74 Å². The van der Waals surface area contributed by atoms with Crippen molar-refractivity contribution in [2.24, 2.45) is 0 Å². The summed E-state index contributed by atoms with van der Waals surface area (Å²) >= 11 is 0. The van der Waals surface area contributed by atoms with Gasteiger partial charge < -0.3 is 15.0 Å². The second kappa shape index (κ2) is 5.72. The number of aromatic nitrogens is 2. The second-order valence-corrected chi connectivity index (χ2v) is 2.94. The largest absolute Gasteiger partial charge is 0.374 e. The molecule has 0 radical (unpaired) electrons. The predicted molar refractivity (Wildman–Crippen MR) is 51.3 cm³/mol. The first-order valence-electron chi connectivity index (χ1n) is 4.62. The molecule has 0 aliphatic heterocycles. The standard InChI is InChI=1S/C9H17N3O/c1-3-4-13-7-9-11-6-8(12-9)5-10-2/h6,10H,3-5,7H2,1-2H3,(H,11,12). The molecule has 0 saturated carbocycles. The zero-order valence-corrected chi connectivity index (χ0v) is 8.26. The highest BCUT2D eigenvalue weighted by Gasteiger charge is 1.98. The van der Waals surface area contributed by atoms with Gasteiger partial charge in [-0.05, 0) is 13.5 Å². The van der Waals surface area contributed by atoms with E-state index in [1.165, 1.54) is 0 Å². The summed E-state index contributed by atoms with van der Waals surface area (Å²) in [7, 11) is 1.91. The first kappa shape index (κ1) is 10.2. The number of rotatable bonds is 6. The maximum Gasteiger partial charge on any atom is 0.132 e. The summed E-state index contributed by atoms with van der Waals surface area (Å²) in [5, 5.41) is 3.05. The van der Waals surface area contributed by atoms with E-state index < -0.39 is 0 Å². The lowest BCUT2D eigenvalue weighted by atomic mass is 10.5. The minimum Gasteiger partial charge on any atom is -0.374 e. The first-order chi connectivity index (χ1) is 6.36. The molecular weight excluding hydrogens is 166 g/mol. The highest BCUT2D eigenvalue weighted by Crippen LogP contribution is 1.98. The Hall–Kier alpha value is -0.870. The van der Waals surface area contributed by atoms with Gasteiger partial charge in [-0.25, -0.2) is 4.98 Å². The van der Waals surface area contributed by atoms with Crippen LogP contribution in [0, 0.1) is 0 Å². The molecule has 1 aromatic heterocycles. The van der Waals surface area contributed by atoms with Crippen LogP contribution < -0.4 is 5.32 Å². The van der Waals surface area contributed by atoms with Crippen LogP contribution >= 0.6 is 0 Å². The maximum absolute atomic E-state index is 5.35. The molecule has 0 aliphatic rings. The van der Waals surface area contributed by atoms with Crippen LogP contribution in [-0.4, -0.2) is 23.6 Å². The zero-order chi connectivity index (χ0) is 9.52. The molecule has 1 rings (SSSR count). The molecule has 0 unspecified atom stereocenters. The molecule has 2 N–H and O–H groups in total. The van der Waals surface area contributed by atoms with Crippen LogP contribution in [0.4, 0.5) is 0 Å². The molecule has 4 nitrogen and oxygen atoms in total. The molecule has 1 aromatic rings. The van der Waals surface area contributed by atoms with Crippen LogP contribution in [0.2, 0.25) is 0 Å². The Morgan fingerprint density at radius 3 is 3.15 bits per heavy atom. The maximum atomic E-state index is 5.35. The van der Waals surface area contributed by atoms with Crippen LogP contribution in [0.5, 0.6) is 0 Å². The number of hydrogen-bond donors (Lipinski definition) is 2. The SMILES string of the molecule is CCCOCc1ncc(CNC)[nH]1. The molecule has 0 fully saturated rings. The van der Waals surface area contributed by atoms with Crippen LogP contribution in [0.25, 0.3) is 0 Å². The van der Waals surface area contributed by atoms with Gasteiger partial charge in [-0.3, -0.25) is 0 Å². The van der Waals surface area contributed by atoms with Gasteiger partial charge in [0, 0.05) is 25.0 Å². The Morgan fingerprint density at radius 2 is 2.46 bits per heavy atom. The number of aromatic amines is 1. The summed E-state index contributed by atoms with van der Waals surface area (Å²) in [5.74, 6) is 0.902. The third kappa shape index (κ3) is 3.57. The lowest BCUT2D eigenvalue weighted by Gasteiger charge is -1.98.